The number of benzene rings is 1. The van der Waals surface area contributed by atoms with E-state index in [1.807, 2.05) is 6.92 Å². The summed E-state index contributed by atoms with van der Waals surface area (Å²) in [5.74, 6) is 2.18. The molecule has 0 unspecified atom stereocenters. The molecule has 1 fully saturated rings. The highest BCUT2D eigenvalue weighted by molar-refractivity contribution is 5.57. The van der Waals surface area contributed by atoms with Crippen molar-refractivity contribution in [3.8, 4) is 0 Å². The van der Waals surface area contributed by atoms with Crippen molar-refractivity contribution in [2.45, 2.75) is 39.2 Å². The third kappa shape index (κ3) is 3.05. The molecule has 0 bridgehead atoms. The van der Waals surface area contributed by atoms with Crippen LogP contribution < -0.4 is 4.90 Å². The summed E-state index contributed by atoms with van der Waals surface area (Å²) in [6.45, 7) is 8.62. The topological polar surface area (TPSA) is 45.4 Å². The maximum Gasteiger partial charge on any atom is 0.233 e. The summed E-state index contributed by atoms with van der Waals surface area (Å²) in [6.07, 6.45) is 3.69. The first-order valence-electron chi connectivity index (χ1n) is 9.07. The number of hydrogen-bond donors (Lipinski definition) is 0. The smallest absolute Gasteiger partial charge is 0.233 e. The molecule has 128 valence electrons. The van der Waals surface area contributed by atoms with E-state index in [9.17, 15) is 0 Å². The third-order valence-corrected chi connectivity index (χ3v) is 5.56. The Balaban J connectivity index is 1.32. The summed E-state index contributed by atoms with van der Waals surface area (Å²) >= 11 is 0. The zero-order valence-corrected chi connectivity index (χ0v) is 14.6. The lowest BCUT2D eigenvalue weighted by Crippen LogP contribution is -2.39. The molecule has 2 aromatic rings. The maximum absolute atomic E-state index is 5.60. The molecule has 0 aliphatic carbocycles. The van der Waals surface area contributed by atoms with E-state index in [0.717, 1.165) is 24.9 Å². The Kier molecular flexibility index (Phi) is 4.27. The largest absolute Gasteiger partial charge is 0.424 e. The molecule has 2 aliphatic heterocycles. The van der Waals surface area contributed by atoms with Crippen LogP contribution in [0.15, 0.2) is 28.7 Å². The van der Waals surface area contributed by atoms with E-state index in [4.69, 9.17) is 4.42 Å². The molecule has 2 aliphatic rings. The van der Waals surface area contributed by atoms with Crippen LogP contribution in [0.2, 0.25) is 0 Å². The number of fused-ring (bicyclic) bond motifs is 1. The van der Waals surface area contributed by atoms with Crippen LogP contribution >= 0.6 is 0 Å². The minimum atomic E-state index is 0.222. The first-order valence-corrected chi connectivity index (χ1v) is 9.07. The van der Waals surface area contributed by atoms with Gasteiger partial charge in [-0.05, 0) is 56.8 Å². The second kappa shape index (κ2) is 6.55. The van der Waals surface area contributed by atoms with Crippen LogP contribution in [0.3, 0.4) is 0 Å². The highest BCUT2D eigenvalue weighted by Crippen LogP contribution is 2.31. The van der Waals surface area contributed by atoms with Crippen molar-refractivity contribution in [2.24, 2.45) is 5.92 Å². The van der Waals surface area contributed by atoms with Crippen LogP contribution in [0.1, 0.15) is 43.2 Å². The molecule has 4 rings (SSSR count). The fraction of sp³-hybridized carbons (Fsp3) is 0.579. The summed E-state index contributed by atoms with van der Waals surface area (Å²) in [7, 11) is 0. The minimum absolute atomic E-state index is 0.222. The summed E-state index contributed by atoms with van der Waals surface area (Å²) in [6, 6.07) is 9.08. The van der Waals surface area contributed by atoms with Crippen LogP contribution in [0.25, 0.3) is 0 Å². The summed E-state index contributed by atoms with van der Waals surface area (Å²) < 4.78 is 5.60. The molecule has 1 aromatic carbocycles. The quantitative estimate of drug-likeness (QED) is 0.863. The molecule has 1 saturated heterocycles. The Morgan fingerprint density at radius 3 is 2.71 bits per heavy atom. The molecule has 0 amide bonds. The number of nitrogens with zero attached hydrogens (tertiary/aromatic N) is 4. The van der Waals surface area contributed by atoms with E-state index in [1.54, 1.807) is 0 Å². The van der Waals surface area contributed by atoms with Crippen molar-refractivity contribution in [3.63, 3.8) is 0 Å². The van der Waals surface area contributed by atoms with E-state index in [-0.39, 0.29) is 6.04 Å². The maximum atomic E-state index is 5.60. The molecule has 5 nitrogen and oxygen atoms in total. The molecule has 0 radical (unpaired) electrons. The number of aromatic nitrogens is 2. The first-order chi connectivity index (χ1) is 11.7. The van der Waals surface area contributed by atoms with Gasteiger partial charge in [-0.1, -0.05) is 18.2 Å². The van der Waals surface area contributed by atoms with Gasteiger partial charge in [-0.2, -0.15) is 0 Å². The molecule has 1 atom stereocenters. The number of piperidine rings is 1. The van der Waals surface area contributed by atoms with Crippen molar-refractivity contribution in [1.82, 2.24) is 15.1 Å². The number of anilines is 1. The number of para-hydroxylation sites is 1. The first kappa shape index (κ1) is 15.6. The van der Waals surface area contributed by atoms with Crippen LogP contribution in [0.4, 0.5) is 5.69 Å². The molecule has 5 heteroatoms. The fourth-order valence-corrected chi connectivity index (χ4v) is 4.07. The third-order valence-electron chi connectivity index (χ3n) is 5.56. The van der Waals surface area contributed by atoms with Gasteiger partial charge in [0.05, 0.1) is 6.04 Å². The number of hydrogen-bond acceptors (Lipinski definition) is 5. The highest BCUT2D eigenvalue weighted by atomic mass is 16.4. The second-order valence-electron chi connectivity index (χ2n) is 7.14. The Morgan fingerprint density at radius 1 is 1.17 bits per heavy atom. The van der Waals surface area contributed by atoms with Crippen LogP contribution in [0, 0.1) is 12.8 Å². The Hall–Kier alpha value is -1.88. The number of likely N-dealkylation sites (tertiary alicyclic amines) is 1. The Labute approximate surface area is 143 Å². The van der Waals surface area contributed by atoms with Gasteiger partial charge >= 0.3 is 0 Å². The van der Waals surface area contributed by atoms with E-state index in [2.05, 4.69) is 51.2 Å². The summed E-state index contributed by atoms with van der Waals surface area (Å²) in [5.41, 5.74) is 2.96. The zero-order chi connectivity index (χ0) is 16.5. The second-order valence-corrected chi connectivity index (χ2v) is 7.14. The van der Waals surface area contributed by atoms with Gasteiger partial charge in [0.25, 0.3) is 0 Å². The lowest BCUT2D eigenvalue weighted by atomic mass is 9.95. The predicted molar refractivity (Wildman–Crippen MR) is 94.1 cm³/mol. The molecule has 0 spiro atoms. The predicted octanol–water partition coefficient (Wildman–Crippen LogP) is 3.21. The van der Waals surface area contributed by atoms with Gasteiger partial charge in [-0.3, -0.25) is 4.90 Å². The van der Waals surface area contributed by atoms with E-state index in [0.29, 0.717) is 5.89 Å². The number of aryl methyl sites for hydroxylation is 1. The number of rotatable bonds is 4. The lowest BCUT2D eigenvalue weighted by molar-refractivity contribution is 0.125. The van der Waals surface area contributed by atoms with Gasteiger partial charge < -0.3 is 9.32 Å². The molecule has 3 heterocycles. The Morgan fingerprint density at radius 2 is 1.96 bits per heavy atom. The molecule has 24 heavy (non-hydrogen) atoms. The van der Waals surface area contributed by atoms with E-state index in [1.165, 1.54) is 43.6 Å². The van der Waals surface area contributed by atoms with Crippen LogP contribution in [0.5, 0.6) is 0 Å². The molecule has 0 saturated carbocycles. The average Bonchev–Trinajstić information content (AvgIpc) is 3.22. The van der Waals surface area contributed by atoms with Gasteiger partial charge in [0.2, 0.25) is 11.8 Å². The average molecular weight is 326 g/mol. The van der Waals surface area contributed by atoms with Gasteiger partial charge in [0, 0.05) is 25.7 Å². The van der Waals surface area contributed by atoms with Crippen LogP contribution in [-0.4, -0.2) is 41.3 Å². The lowest BCUT2D eigenvalue weighted by Gasteiger charge is -2.36. The summed E-state index contributed by atoms with van der Waals surface area (Å²) in [4.78, 5) is 5.06. The molecular formula is C19H26N4O. The van der Waals surface area contributed by atoms with Gasteiger partial charge in [-0.25, -0.2) is 0 Å². The highest BCUT2D eigenvalue weighted by Gasteiger charge is 2.28. The van der Waals surface area contributed by atoms with Gasteiger partial charge in [-0.15, -0.1) is 10.2 Å². The monoisotopic (exact) mass is 326 g/mol. The van der Waals surface area contributed by atoms with Crippen molar-refractivity contribution in [1.29, 1.82) is 0 Å². The van der Waals surface area contributed by atoms with Crippen molar-refractivity contribution >= 4 is 5.69 Å². The van der Waals surface area contributed by atoms with Gasteiger partial charge in [0.15, 0.2) is 0 Å². The van der Waals surface area contributed by atoms with Crippen molar-refractivity contribution in [2.75, 3.05) is 31.1 Å². The van der Waals surface area contributed by atoms with Crippen molar-refractivity contribution < 1.29 is 4.42 Å². The minimum Gasteiger partial charge on any atom is -0.424 e. The normalized spacial score (nSPS) is 20.3. The standard InChI is InChI=1S/C19H26N4O/c1-14(19-21-20-15(2)24-19)22-10-7-16(8-11-22)13-23-12-9-17-5-3-4-6-18(17)23/h3-6,14,16H,7-13H2,1-2H3/t14-/m1/s1. The van der Waals surface area contributed by atoms with Gasteiger partial charge in [0.1, 0.15) is 0 Å². The molecule has 1 aromatic heterocycles. The molecular weight excluding hydrogens is 300 g/mol. The SMILES string of the molecule is Cc1nnc([C@@H](C)N2CCC(CN3CCc4ccccc43)CC2)o1. The summed E-state index contributed by atoms with van der Waals surface area (Å²) in [5, 5.41) is 8.14. The Bertz CT molecular complexity index is 690. The zero-order valence-electron chi connectivity index (χ0n) is 14.6. The van der Waals surface area contributed by atoms with Crippen LogP contribution in [-0.2, 0) is 6.42 Å². The van der Waals surface area contributed by atoms with E-state index >= 15 is 0 Å². The fourth-order valence-electron chi connectivity index (χ4n) is 4.07. The van der Waals surface area contributed by atoms with Crippen molar-refractivity contribution in [3.05, 3.63) is 41.6 Å². The van der Waals surface area contributed by atoms with E-state index < -0.39 is 0 Å². The molecule has 0 N–H and O–H groups in total.